The van der Waals surface area contributed by atoms with Crippen LogP contribution >= 0.6 is 22.9 Å². The van der Waals surface area contributed by atoms with E-state index in [1.807, 2.05) is 6.07 Å². The first-order valence-corrected chi connectivity index (χ1v) is 14.3. The van der Waals surface area contributed by atoms with Crippen molar-refractivity contribution in [1.29, 1.82) is 0 Å². The van der Waals surface area contributed by atoms with Gasteiger partial charge in [0.1, 0.15) is 17.0 Å². The third-order valence-electron chi connectivity index (χ3n) is 6.24. The van der Waals surface area contributed by atoms with Crippen molar-refractivity contribution in [2.75, 3.05) is 19.7 Å². The van der Waals surface area contributed by atoms with E-state index < -0.39 is 24.1 Å². The highest BCUT2D eigenvalue weighted by Gasteiger charge is 2.27. The van der Waals surface area contributed by atoms with Gasteiger partial charge in [0.05, 0.1) is 15.8 Å². The number of halogens is 1. The van der Waals surface area contributed by atoms with Crippen LogP contribution in [0.1, 0.15) is 74.1 Å². The second kappa shape index (κ2) is 12.5. The average molecular weight is 592 g/mol. The Morgan fingerprint density at radius 1 is 1.20 bits per heavy atom. The summed E-state index contributed by atoms with van der Waals surface area (Å²) in [4.78, 5) is 41.3. The van der Waals surface area contributed by atoms with Gasteiger partial charge in [-0.3, -0.25) is 9.48 Å². The number of likely N-dealkylation sites (tertiary alicyclic amines) is 1. The summed E-state index contributed by atoms with van der Waals surface area (Å²) < 4.78 is 17.8. The van der Waals surface area contributed by atoms with Gasteiger partial charge >= 0.3 is 11.9 Å². The molecule has 1 fully saturated rings. The second-order valence-electron chi connectivity index (χ2n) is 10.9. The summed E-state index contributed by atoms with van der Waals surface area (Å²) in [5, 5.41) is 11.5. The Kier molecular flexibility index (Phi) is 9.32. The Bertz CT molecular complexity index is 1350. The predicted octanol–water partition coefficient (Wildman–Crippen LogP) is 4.40. The molecule has 216 valence electrons. The van der Waals surface area contributed by atoms with Gasteiger partial charge in [-0.05, 0) is 59.6 Å². The Balaban J connectivity index is 1.50. The molecule has 1 aliphatic heterocycles. The van der Waals surface area contributed by atoms with Gasteiger partial charge in [0.2, 0.25) is 0 Å². The zero-order valence-electron chi connectivity index (χ0n) is 23.2. The fourth-order valence-electron chi connectivity index (χ4n) is 4.31. The Labute approximate surface area is 241 Å². The summed E-state index contributed by atoms with van der Waals surface area (Å²) in [5.74, 6) is -1.37. The molecule has 13 heteroatoms. The number of rotatable bonds is 9. The van der Waals surface area contributed by atoms with Crippen LogP contribution < -0.4 is 5.32 Å². The lowest BCUT2D eigenvalue weighted by Gasteiger charge is -2.34. The number of esters is 2. The molecule has 0 unspecified atom stereocenters. The zero-order chi connectivity index (χ0) is 29.0. The van der Waals surface area contributed by atoms with Crippen LogP contribution in [0, 0.1) is 0 Å². The van der Waals surface area contributed by atoms with Crippen LogP contribution in [0.2, 0.25) is 4.34 Å². The standard InChI is InChI=1S/C27H34ClN5O6S/c1-16(2)32-10-8-17(9-11-32)29-25(35)20-13-19(26(36)37-15-24(34)38-27(3,4)5)30-33(20)14-18-12-21(39-31-18)22-6-7-23(28)40-22/h6-7,12-13,16-17H,8-11,14-15H2,1-5H3,(H,29,35). The fourth-order valence-corrected chi connectivity index (χ4v) is 5.30. The number of piperidine rings is 1. The number of nitrogens with one attached hydrogen (secondary N) is 1. The first kappa shape index (κ1) is 29.8. The van der Waals surface area contributed by atoms with E-state index in [1.54, 1.807) is 32.9 Å². The first-order chi connectivity index (χ1) is 18.9. The molecule has 1 saturated heterocycles. The van der Waals surface area contributed by atoms with E-state index >= 15 is 0 Å². The first-order valence-electron chi connectivity index (χ1n) is 13.1. The quantitative estimate of drug-likeness (QED) is 0.360. The zero-order valence-corrected chi connectivity index (χ0v) is 24.8. The number of hydrogen-bond acceptors (Lipinski definition) is 10. The van der Waals surface area contributed by atoms with Crippen molar-refractivity contribution >= 4 is 40.8 Å². The molecule has 4 heterocycles. The van der Waals surface area contributed by atoms with E-state index in [4.69, 9.17) is 25.6 Å². The highest BCUT2D eigenvalue weighted by Crippen LogP contribution is 2.31. The van der Waals surface area contributed by atoms with Crippen LogP contribution in [0.3, 0.4) is 0 Å². The van der Waals surface area contributed by atoms with Gasteiger partial charge in [0.15, 0.2) is 18.1 Å². The molecule has 0 spiro atoms. The molecule has 1 N–H and O–H groups in total. The van der Waals surface area contributed by atoms with E-state index in [0.29, 0.717) is 21.8 Å². The number of thiophene rings is 1. The van der Waals surface area contributed by atoms with Gasteiger partial charge in [0.25, 0.3) is 5.91 Å². The predicted molar refractivity (Wildman–Crippen MR) is 149 cm³/mol. The minimum absolute atomic E-state index is 0.00403. The van der Waals surface area contributed by atoms with Crippen LogP contribution in [0.25, 0.3) is 10.6 Å². The molecule has 11 nitrogen and oxygen atoms in total. The maximum absolute atomic E-state index is 13.4. The summed E-state index contributed by atoms with van der Waals surface area (Å²) >= 11 is 7.39. The Morgan fingerprint density at radius 2 is 1.93 bits per heavy atom. The summed E-state index contributed by atoms with van der Waals surface area (Å²) in [6.45, 7) is 10.7. The molecule has 0 radical (unpaired) electrons. The van der Waals surface area contributed by atoms with Crippen LogP contribution in [0.15, 0.2) is 28.8 Å². The number of carbonyl (C=O) groups excluding carboxylic acids is 3. The van der Waals surface area contributed by atoms with Gasteiger partial charge in [-0.15, -0.1) is 11.3 Å². The van der Waals surface area contributed by atoms with Crippen molar-refractivity contribution in [3.05, 3.63) is 45.7 Å². The third kappa shape index (κ3) is 7.92. The van der Waals surface area contributed by atoms with Crippen molar-refractivity contribution in [3.63, 3.8) is 0 Å². The van der Waals surface area contributed by atoms with E-state index in [2.05, 4.69) is 34.3 Å². The number of amides is 1. The van der Waals surface area contributed by atoms with Crippen molar-refractivity contribution in [2.45, 2.75) is 71.7 Å². The third-order valence-corrected chi connectivity index (χ3v) is 7.49. The number of carbonyl (C=O) groups is 3. The highest BCUT2D eigenvalue weighted by atomic mass is 35.5. The maximum Gasteiger partial charge on any atom is 0.359 e. The molecule has 3 aromatic heterocycles. The summed E-state index contributed by atoms with van der Waals surface area (Å²) in [5.41, 5.74) is -0.168. The number of ether oxygens (including phenoxy) is 2. The SMILES string of the molecule is CC(C)N1CCC(NC(=O)c2cc(C(=O)OCC(=O)OC(C)(C)C)nn2Cc2cc(-c3ccc(Cl)s3)on2)CC1. The van der Waals surface area contributed by atoms with Crippen molar-refractivity contribution in [1.82, 2.24) is 25.2 Å². The minimum Gasteiger partial charge on any atom is -0.457 e. The molecular weight excluding hydrogens is 558 g/mol. The second-order valence-corrected chi connectivity index (χ2v) is 12.6. The molecule has 0 saturated carbocycles. The normalized spacial score (nSPS) is 14.9. The molecule has 1 amide bonds. The largest absolute Gasteiger partial charge is 0.457 e. The lowest BCUT2D eigenvalue weighted by molar-refractivity contribution is -0.158. The number of hydrogen-bond donors (Lipinski definition) is 1. The van der Waals surface area contributed by atoms with Gasteiger partial charge in [-0.1, -0.05) is 16.8 Å². The van der Waals surface area contributed by atoms with Gasteiger partial charge in [-0.2, -0.15) is 5.10 Å². The fraction of sp³-hybridized carbons (Fsp3) is 0.519. The molecule has 0 atom stereocenters. The Hall–Kier alpha value is -3.22. The number of nitrogens with zero attached hydrogens (tertiary/aromatic N) is 4. The van der Waals surface area contributed by atoms with Crippen molar-refractivity contribution in [3.8, 4) is 10.6 Å². The van der Waals surface area contributed by atoms with Gasteiger partial charge in [-0.25, -0.2) is 9.59 Å². The molecule has 0 aliphatic carbocycles. The molecule has 0 bridgehead atoms. The monoisotopic (exact) mass is 591 g/mol. The summed E-state index contributed by atoms with van der Waals surface area (Å²) in [7, 11) is 0. The van der Waals surface area contributed by atoms with Crippen LogP contribution in [-0.4, -0.2) is 75.1 Å². The molecule has 0 aromatic carbocycles. The van der Waals surface area contributed by atoms with Crippen LogP contribution in [0.4, 0.5) is 0 Å². The van der Waals surface area contributed by atoms with E-state index in [1.165, 1.54) is 22.1 Å². The maximum atomic E-state index is 13.4. The number of aromatic nitrogens is 3. The van der Waals surface area contributed by atoms with Crippen molar-refractivity contribution in [2.24, 2.45) is 0 Å². The minimum atomic E-state index is -0.849. The highest BCUT2D eigenvalue weighted by molar-refractivity contribution is 7.19. The lowest BCUT2D eigenvalue weighted by Crippen LogP contribution is -2.46. The smallest absolute Gasteiger partial charge is 0.359 e. The van der Waals surface area contributed by atoms with Gasteiger partial charge in [0, 0.05) is 37.3 Å². The topological polar surface area (TPSA) is 129 Å². The van der Waals surface area contributed by atoms with E-state index in [-0.39, 0.29) is 29.9 Å². The van der Waals surface area contributed by atoms with Crippen molar-refractivity contribution < 1.29 is 28.4 Å². The van der Waals surface area contributed by atoms with Crippen LogP contribution in [-0.2, 0) is 20.8 Å². The summed E-state index contributed by atoms with van der Waals surface area (Å²) in [6, 6.07) is 7.12. The molecular formula is C27H34ClN5O6S. The molecule has 40 heavy (non-hydrogen) atoms. The van der Waals surface area contributed by atoms with E-state index in [0.717, 1.165) is 30.8 Å². The molecule has 1 aliphatic rings. The molecule has 3 aromatic rings. The molecule has 4 rings (SSSR count). The summed E-state index contributed by atoms with van der Waals surface area (Å²) in [6.07, 6.45) is 1.64. The van der Waals surface area contributed by atoms with Gasteiger partial charge < -0.3 is 24.2 Å². The lowest BCUT2D eigenvalue weighted by atomic mass is 10.0. The van der Waals surface area contributed by atoms with Crippen LogP contribution in [0.5, 0.6) is 0 Å². The van der Waals surface area contributed by atoms with E-state index in [9.17, 15) is 14.4 Å². The average Bonchev–Trinajstić information content (AvgIpc) is 3.62. The Morgan fingerprint density at radius 3 is 2.55 bits per heavy atom.